The van der Waals surface area contributed by atoms with Gasteiger partial charge in [0.15, 0.2) is 0 Å². The molecule has 1 saturated heterocycles. The highest BCUT2D eigenvalue weighted by atomic mass is 16.4. The Labute approximate surface area is 188 Å². The van der Waals surface area contributed by atoms with E-state index < -0.39 is 0 Å². The van der Waals surface area contributed by atoms with Crippen molar-refractivity contribution in [2.75, 3.05) is 33.9 Å². The van der Waals surface area contributed by atoms with E-state index in [1.807, 2.05) is 31.2 Å². The zero-order chi connectivity index (χ0) is 22.5. The van der Waals surface area contributed by atoms with Gasteiger partial charge in [0.05, 0.1) is 6.04 Å². The third-order valence-electron chi connectivity index (χ3n) is 5.79. The number of hydrogen-bond donors (Lipinski definition) is 0. The molecule has 3 rings (SSSR count). The molecule has 0 aromatic heterocycles. The van der Waals surface area contributed by atoms with Crippen molar-refractivity contribution in [3.05, 3.63) is 84.4 Å². The van der Waals surface area contributed by atoms with Gasteiger partial charge in [0, 0.05) is 40.4 Å². The summed E-state index contributed by atoms with van der Waals surface area (Å²) >= 11 is 0. The lowest BCUT2D eigenvalue weighted by atomic mass is 9.90. The number of benzene rings is 2. The Morgan fingerprint density at radius 3 is 2.10 bits per heavy atom. The highest BCUT2D eigenvalue weighted by Gasteiger charge is 2.29. The summed E-state index contributed by atoms with van der Waals surface area (Å²) in [6, 6.07) is 20.9. The number of hydrogen-bond acceptors (Lipinski definition) is 3. The molecule has 1 aliphatic rings. The van der Waals surface area contributed by atoms with E-state index in [9.17, 15) is 4.79 Å². The van der Waals surface area contributed by atoms with Crippen LogP contribution in [0.2, 0.25) is 0 Å². The molecular weight excluding hydrogens is 384 g/mol. The average molecular weight is 423 g/mol. The standard InChI is InChI=1S/C25H32N2O.C2H6O/c1-3-16-27(20-24-12-8-5-9-13-24)21(2)25(28)26-17-14-23(15-18-26)19-22-10-6-4-7-11-22;1-3-2/h3-13,21,23H,1,14-20H2,2H3;1-2H3. The molecule has 0 spiro atoms. The number of amides is 1. The van der Waals surface area contributed by atoms with Gasteiger partial charge in [0.25, 0.3) is 0 Å². The molecule has 0 N–H and O–H groups in total. The van der Waals surface area contributed by atoms with Crippen molar-refractivity contribution >= 4 is 5.91 Å². The number of carbonyl (C=O) groups is 1. The van der Waals surface area contributed by atoms with E-state index in [4.69, 9.17) is 0 Å². The van der Waals surface area contributed by atoms with E-state index in [2.05, 4.69) is 63.6 Å². The van der Waals surface area contributed by atoms with Gasteiger partial charge >= 0.3 is 0 Å². The molecule has 1 heterocycles. The summed E-state index contributed by atoms with van der Waals surface area (Å²) in [5.41, 5.74) is 2.63. The molecule has 4 nitrogen and oxygen atoms in total. The Bertz CT molecular complexity index is 755. The van der Waals surface area contributed by atoms with Crippen LogP contribution in [0, 0.1) is 5.92 Å². The molecule has 1 aliphatic heterocycles. The molecule has 31 heavy (non-hydrogen) atoms. The number of carbonyl (C=O) groups excluding carboxylic acids is 1. The quantitative estimate of drug-likeness (QED) is 0.573. The number of likely N-dealkylation sites (tertiary alicyclic amines) is 1. The summed E-state index contributed by atoms with van der Waals surface area (Å²) in [7, 11) is 3.25. The largest absolute Gasteiger partial charge is 0.388 e. The summed E-state index contributed by atoms with van der Waals surface area (Å²) in [5.74, 6) is 0.922. The van der Waals surface area contributed by atoms with Crippen LogP contribution in [0.3, 0.4) is 0 Å². The predicted octanol–water partition coefficient (Wildman–Crippen LogP) is 4.81. The maximum Gasteiger partial charge on any atom is 0.239 e. The zero-order valence-corrected chi connectivity index (χ0v) is 19.4. The molecule has 168 valence electrons. The van der Waals surface area contributed by atoms with E-state index in [0.29, 0.717) is 12.5 Å². The SMILES string of the molecule is C=CCN(Cc1ccccc1)C(C)C(=O)N1CCC(Cc2ccccc2)CC1.COC. The van der Waals surface area contributed by atoms with Crippen LogP contribution in [0.15, 0.2) is 73.3 Å². The minimum atomic E-state index is -0.135. The number of rotatable bonds is 8. The van der Waals surface area contributed by atoms with Crippen molar-refractivity contribution in [2.45, 2.75) is 38.8 Å². The summed E-state index contributed by atoms with van der Waals surface area (Å²) in [5, 5.41) is 0. The highest BCUT2D eigenvalue weighted by molar-refractivity contribution is 5.81. The summed E-state index contributed by atoms with van der Waals surface area (Å²) in [6.45, 7) is 9.13. The van der Waals surface area contributed by atoms with Crippen LogP contribution >= 0.6 is 0 Å². The molecule has 1 unspecified atom stereocenters. The molecule has 2 aromatic carbocycles. The maximum atomic E-state index is 13.1. The van der Waals surface area contributed by atoms with Crippen molar-refractivity contribution in [1.82, 2.24) is 9.80 Å². The molecule has 0 aliphatic carbocycles. The first kappa shape index (κ1) is 24.8. The number of piperidine rings is 1. The Balaban J connectivity index is 0.00000107. The number of ether oxygens (including phenoxy) is 1. The van der Waals surface area contributed by atoms with Crippen LogP contribution in [0.5, 0.6) is 0 Å². The van der Waals surface area contributed by atoms with Gasteiger partial charge in [-0.05, 0) is 43.2 Å². The second-order valence-corrected chi connectivity index (χ2v) is 8.25. The van der Waals surface area contributed by atoms with E-state index in [-0.39, 0.29) is 11.9 Å². The first-order valence-electron chi connectivity index (χ1n) is 11.2. The fraction of sp³-hybridized carbons (Fsp3) is 0.444. The van der Waals surface area contributed by atoms with Crippen LogP contribution in [0.4, 0.5) is 0 Å². The van der Waals surface area contributed by atoms with Crippen molar-refractivity contribution in [2.24, 2.45) is 5.92 Å². The van der Waals surface area contributed by atoms with Gasteiger partial charge in [-0.2, -0.15) is 0 Å². The topological polar surface area (TPSA) is 32.8 Å². The Morgan fingerprint density at radius 2 is 1.58 bits per heavy atom. The fourth-order valence-corrected chi connectivity index (χ4v) is 4.07. The van der Waals surface area contributed by atoms with Crippen LogP contribution in [0.1, 0.15) is 30.9 Å². The summed E-state index contributed by atoms with van der Waals surface area (Å²) < 4.78 is 4.25. The minimum absolute atomic E-state index is 0.135. The zero-order valence-electron chi connectivity index (χ0n) is 19.4. The molecule has 2 aromatic rings. The highest BCUT2D eigenvalue weighted by Crippen LogP contribution is 2.23. The van der Waals surface area contributed by atoms with Gasteiger partial charge in [0.1, 0.15) is 0 Å². The van der Waals surface area contributed by atoms with Gasteiger partial charge in [-0.1, -0.05) is 66.7 Å². The van der Waals surface area contributed by atoms with Crippen LogP contribution in [0.25, 0.3) is 0 Å². The predicted molar refractivity (Wildman–Crippen MR) is 129 cm³/mol. The molecular formula is C27H38N2O2. The first-order valence-corrected chi connectivity index (χ1v) is 11.2. The van der Waals surface area contributed by atoms with E-state index in [1.54, 1.807) is 14.2 Å². The molecule has 1 atom stereocenters. The van der Waals surface area contributed by atoms with Gasteiger partial charge in [-0.3, -0.25) is 9.69 Å². The molecule has 4 heteroatoms. The minimum Gasteiger partial charge on any atom is -0.388 e. The van der Waals surface area contributed by atoms with Crippen molar-refractivity contribution in [1.29, 1.82) is 0 Å². The van der Waals surface area contributed by atoms with E-state index in [0.717, 1.165) is 38.9 Å². The lowest BCUT2D eigenvalue weighted by Crippen LogP contribution is -2.49. The second kappa shape index (κ2) is 13.8. The third kappa shape index (κ3) is 8.31. The normalized spacial score (nSPS) is 15.2. The van der Waals surface area contributed by atoms with Gasteiger partial charge in [-0.15, -0.1) is 6.58 Å². The van der Waals surface area contributed by atoms with Crippen molar-refractivity contribution < 1.29 is 9.53 Å². The summed E-state index contributed by atoms with van der Waals surface area (Å²) in [6.07, 6.45) is 5.19. The van der Waals surface area contributed by atoms with E-state index in [1.165, 1.54) is 11.1 Å². The van der Waals surface area contributed by atoms with Crippen molar-refractivity contribution in [3.63, 3.8) is 0 Å². The lowest BCUT2D eigenvalue weighted by molar-refractivity contribution is -0.137. The Kier molecular flexibility index (Phi) is 11.0. The van der Waals surface area contributed by atoms with E-state index >= 15 is 0 Å². The lowest BCUT2D eigenvalue weighted by Gasteiger charge is -2.36. The van der Waals surface area contributed by atoms with Crippen LogP contribution in [-0.4, -0.2) is 55.6 Å². The van der Waals surface area contributed by atoms with Gasteiger partial charge in [0.2, 0.25) is 5.91 Å². The molecule has 0 bridgehead atoms. The molecule has 0 radical (unpaired) electrons. The number of nitrogens with zero attached hydrogens (tertiary/aromatic N) is 2. The Morgan fingerprint density at radius 1 is 1.06 bits per heavy atom. The maximum absolute atomic E-state index is 13.1. The first-order chi connectivity index (χ1) is 15.1. The monoisotopic (exact) mass is 422 g/mol. The van der Waals surface area contributed by atoms with Gasteiger partial charge < -0.3 is 9.64 Å². The second-order valence-electron chi connectivity index (χ2n) is 8.25. The smallest absolute Gasteiger partial charge is 0.239 e. The summed E-state index contributed by atoms with van der Waals surface area (Å²) in [4.78, 5) is 17.4. The molecule has 0 saturated carbocycles. The number of methoxy groups -OCH3 is 1. The molecule has 1 fully saturated rings. The Hall–Kier alpha value is -2.43. The van der Waals surface area contributed by atoms with Crippen molar-refractivity contribution in [3.8, 4) is 0 Å². The van der Waals surface area contributed by atoms with Crippen LogP contribution < -0.4 is 0 Å². The fourth-order valence-electron chi connectivity index (χ4n) is 4.07. The van der Waals surface area contributed by atoms with Gasteiger partial charge in [-0.25, -0.2) is 0 Å². The average Bonchev–Trinajstić information content (AvgIpc) is 2.80. The van der Waals surface area contributed by atoms with Crippen LogP contribution in [-0.2, 0) is 22.5 Å². The molecule has 1 amide bonds. The third-order valence-corrected chi connectivity index (χ3v) is 5.79.